The summed E-state index contributed by atoms with van der Waals surface area (Å²) in [5.74, 6) is 0. The van der Waals surface area contributed by atoms with Gasteiger partial charge in [0, 0.05) is 12.6 Å². The quantitative estimate of drug-likeness (QED) is 0.763. The molecular formula is C13H15N. The Morgan fingerprint density at radius 2 is 2.00 bits per heavy atom. The zero-order valence-corrected chi connectivity index (χ0v) is 8.19. The molecule has 1 N–H and O–H groups in total. The van der Waals surface area contributed by atoms with Gasteiger partial charge < -0.3 is 5.32 Å². The third-order valence-corrected chi connectivity index (χ3v) is 2.39. The van der Waals surface area contributed by atoms with Gasteiger partial charge in [-0.1, -0.05) is 54.6 Å². The number of allylic oxidation sites excluding steroid dienone is 2. The van der Waals surface area contributed by atoms with Gasteiger partial charge in [-0.25, -0.2) is 0 Å². The highest BCUT2D eigenvalue weighted by Crippen LogP contribution is 2.04. The largest absolute Gasteiger partial charge is 0.306 e. The van der Waals surface area contributed by atoms with E-state index in [0.29, 0.717) is 6.04 Å². The lowest BCUT2D eigenvalue weighted by Gasteiger charge is -2.14. The Morgan fingerprint density at radius 3 is 2.71 bits per heavy atom. The molecule has 0 spiro atoms. The molecule has 1 unspecified atom stereocenters. The monoisotopic (exact) mass is 185 g/mol. The van der Waals surface area contributed by atoms with E-state index in [0.717, 1.165) is 13.0 Å². The Bertz CT molecular complexity index is 324. The molecule has 14 heavy (non-hydrogen) atoms. The number of benzene rings is 1. The van der Waals surface area contributed by atoms with Crippen molar-refractivity contribution in [1.29, 1.82) is 0 Å². The van der Waals surface area contributed by atoms with Gasteiger partial charge in [-0.2, -0.15) is 0 Å². The van der Waals surface area contributed by atoms with Crippen molar-refractivity contribution in [1.82, 2.24) is 5.32 Å². The Hall–Kier alpha value is -1.34. The van der Waals surface area contributed by atoms with Crippen LogP contribution in [0.15, 0.2) is 54.6 Å². The molecule has 1 aromatic carbocycles. The maximum atomic E-state index is 3.50. The van der Waals surface area contributed by atoms with E-state index < -0.39 is 0 Å². The van der Waals surface area contributed by atoms with Crippen LogP contribution in [0, 0.1) is 0 Å². The highest BCUT2D eigenvalue weighted by molar-refractivity contribution is 5.17. The van der Waals surface area contributed by atoms with E-state index in [4.69, 9.17) is 0 Å². The number of hydrogen-bond acceptors (Lipinski definition) is 1. The molecule has 0 saturated carbocycles. The SMILES string of the molecule is C1=CCC(NCc2ccccc2)C=C1. The fourth-order valence-electron chi connectivity index (χ4n) is 1.58. The van der Waals surface area contributed by atoms with Gasteiger partial charge in [0.15, 0.2) is 0 Å². The van der Waals surface area contributed by atoms with Gasteiger partial charge in [-0.15, -0.1) is 0 Å². The van der Waals surface area contributed by atoms with Crippen LogP contribution >= 0.6 is 0 Å². The van der Waals surface area contributed by atoms with Gasteiger partial charge in [0.2, 0.25) is 0 Å². The third-order valence-electron chi connectivity index (χ3n) is 2.39. The first-order chi connectivity index (χ1) is 6.95. The molecule has 1 atom stereocenters. The summed E-state index contributed by atoms with van der Waals surface area (Å²) in [6, 6.07) is 11.0. The first-order valence-electron chi connectivity index (χ1n) is 5.06. The van der Waals surface area contributed by atoms with Gasteiger partial charge in [0.1, 0.15) is 0 Å². The van der Waals surface area contributed by atoms with E-state index in [1.165, 1.54) is 5.56 Å². The van der Waals surface area contributed by atoms with Crippen LogP contribution < -0.4 is 5.32 Å². The van der Waals surface area contributed by atoms with E-state index in [9.17, 15) is 0 Å². The highest BCUT2D eigenvalue weighted by Gasteiger charge is 2.03. The topological polar surface area (TPSA) is 12.0 Å². The minimum Gasteiger partial charge on any atom is -0.306 e. The van der Waals surface area contributed by atoms with Crippen molar-refractivity contribution in [2.45, 2.75) is 19.0 Å². The Balaban J connectivity index is 1.83. The van der Waals surface area contributed by atoms with Crippen LogP contribution in [0.2, 0.25) is 0 Å². The van der Waals surface area contributed by atoms with Crippen molar-refractivity contribution >= 4 is 0 Å². The van der Waals surface area contributed by atoms with Gasteiger partial charge in [0.25, 0.3) is 0 Å². The summed E-state index contributed by atoms with van der Waals surface area (Å²) in [6.07, 6.45) is 9.71. The van der Waals surface area contributed by atoms with Crippen LogP contribution in [0.25, 0.3) is 0 Å². The summed E-state index contributed by atoms with van der Waals surface area (Å²) >= 11 is 0. The summed E-state index contributed by atoms with van der Waals surface area (Å²) < 4.78 is 0. The van der Waals surface area contributed by atoms with Gasteiger partial charge >= 0.3 is 0 Å². The van der Waals surface area contributed by atoms with Crippen molar-refractivity contribution in [2.24, 2.45) is 0 Å². The molecule has 2 rings (SSSR count). The molecule has 1 nitrogen and oxygen atoms in total. The molecule has 1 aliphatic rings. The zero-order chi connectivity index (χ0) is 9.64. The molecule has 0 bridgehead atoms. The van der Waals surface area contributed by atoms with E-state index in [-0.39, 0.29) is 0 Å². The maximum Gasteiger partial charge on any atom is 0.0290 e. The average molecular weight is 185 g/mol. The lowest BCUT2D eigenvalue weighted by molar-refractivity contribution is 0.595. The second-order valence-corrected chi connectivity index (χ2v) is 3.52. The Labute approximate surface area is 85.2 Å². The number of hydrogen-bond donors (Lipinski definition) is 1. The van der Waals surface area contributed by atoms with Crippen LogP contribution in [0.1, 0.15) is 12.0 Å². The Kier molecular flexibility index (Phi) is 3.15. The van der Waals surface area contributed by atoms with Crippen LogP contribution in [-0.4, -0.2) is 6.04 Å². The average Bonchev–Trinajstić information content (AvgIpc) is 2.29. The van der Waals surface area contributed by atoms with E-state index >= 15 is 0 Å². The summed E-state index contributed by atoms with van der Waals surface area (Å²) in [5, 5.41) is 3.50. The minimum absolute atomic E-state index is 0.500. The van der Waals surface area contributed by atoms with Crippen LogP contribution in [0.5, 0.6) is 0 Å². The van der Waals surface area contributed by atoms with Crippen molar-refractivity contribution in [3.05, 3.63) is 60.2 Å². The molecule has 0 heterocycles. The molecule has 0 saturated heterocycles. The molecule has 0 aromatic heterocycles. The molecule has 1 aromatic rings. The molecule has 1 aliphatic carbocycles. The van der Waals surface area contributed by atoms with Crippen LogP contribution in [0.3, 0.4) is 0 Å². The molecular weight excluding hydrogens is 170 g/mol. The lowest BCUT2D eigenvalue weighted by Crippen LogP contribution is -2.26. The molecule has 1 heteroatoms. The first kappa shape index (κ1) is 9.22. The van der Waals surface area contributed by atoms with Crippen LogP contribution in [-0.2, 0) is 6.54 Å². The second-order valence-electron chi connectivity index (χ2n) is 3.52. The third kappa shape index (κ3) is 2.57. The van der Waals surface area contributed by atoms with Crippen LogP contribution in [0.4, 0.5) is 0 Å². The first-order valence-corrected chi connectivity index (χ1v) is 5.06. The molecule has 0 aliphatic heterocycles. The van der Waals surface area contributed by atoms with Gasteiger partial charge in [-0.05, 0) is 12.0 Å². The predicted molar refractivity (Wildman–Crippen MR) is 60.0 cm³/mol. The fraction of sp³-hybridized carbons (Fsp3) is 0.231. The maximum absolute atomic E-state index is 3.50. The zero-order valence-electron chi connectivity index (χ0n) is 8.19. The van der Waals surface area contributed by atoms with Crippen molar-refractivity contribution < 1.29 is 0 Å². The second kappa shape index (κ2) is 4.77. The normalized spacial score (nSPS) is 19.9. The Morgan fingerprint density at radius 1 is 1.14 bits per heavy atom. The molecule has 0 fully saturated rings. The summed E-state index contributed by atoms with van der Waals surface area (Å²) in [5.41, 5.74) is 1.34. The van der Waals surface area contributed by atoms with E-state index in [2.05, 4.69) is 53.9 Å². The molecule has 0 amide bonds. The van der Waals surface area contributed by atoms with Crippen molar-refractivity contribution in [3.8, 4) is 0 Å². The van der Waals surface area contributed by atoms with E-state index in [1.807, 2.05) is 6.07 Å². The predicted octanol–water partition coefficient (Wildman–Crippen LogP) is 2.66. The van der Waals surface area contributed by atoms with Gasteiger partial charge in [-0.3, -0.25) is 0 Å². The lowest BCUT2D eigenvalue weighted by atomic mass is 10.1. The summed E-state index contributed by atoms with van der Waals surface area (Å²) in [4.78, 5) is 0. The smallest absolute Gasteiger partial charge is 0.0290 e. The molecule has 0 radical (unpaired) electrons. The number of nitrogens with one attached hydrogen (secondary N) is 1. The molecule has 72 valence electrons. The summed E-state index contributed by atoms with van der Waals surface area (Å²) in [7, 11) is 0. The van der Waals surface area contributed by atoms with Gasteiger partial charge in [0.05, 0.1) is 0 Å². The standard InChI is InChI=1S/C13H15N/c1-3-7-12(8-4-1)11-14-13-9-5-2-6-10-13/h1-9,13-14H,10-11H2. The summed E-state index contributed by atoms with van der Waals surface area (Å²) in [6.45, 7) is 0.948. The fourth-order valence-corrected chi connectivity index (χ4v) is 1.58. The van der Waals surface area contributed by atoms with Crippen molar-refractivity contribution in [2.75, 3.05) is 0 Å². The highest BCUT2D eigenvalue weighted by atomic mass is 14.9. The van der Waals surface area contributed by atoms with E-state index in [1.54, 1.807) is 0 Å². The van der Waals surface area contributed by atoms with Crippen molar-refractivity contribution in [3.63, 3.8) is 0 Å². The number of rotatable bonds is 3. The minimum atomic E-state index is 0.500.